The van der Waals surface area contributed by atoms with E-state index in [1.54, 1.807) is 0 Å². The minimum absolute atomic E-state index is 0.159. The second-order valence-electron chi connectivity index (χ2n) is 12.4. The van der Waals surface area contributed by atoms with Crippen LogP contribution in [0, 0.1) is 0 Å². The maximum absolute atomic E-state index is 6.36. The van der Waals surface area contributed by atoms with Crippen LogP contribution in [0.5, 0.6) is 0 Å². The minimum Gasteiger partial charge on any atom is -0.456 e. The van der Waals surface area contributed by atoms with Crippen LogP contribution in [0.3, 0.4) is 0 Å². The summed E-state index contributed by atoms with van der Waals surface area (Å²) in [5.41, 5.74) is 12.0. The zero-order chi connectivity index (χ0) is 30.8. The maximum atomic E-state index is 6.36. The van der Waals surface area contributed by atoms with Crippen molar-refractivity contribution in [1.82, 2.24) is 15.0 Å². The summed E-state index contributed by atoms with van der Waals surface area (Å²) in [6.45, 7) is 4.65. The first-order valence-corrected chi connectivity index (χ1v) is 15.6. The number of para-hydroxylation sites is 1. The number of hydrogen-bond acceptors (Lipinski definition) is 4. The quantitative estimate of drug-likeness (QED) is 0.204. The molecule has 0 aliphatic heterocycles. The third kappa shape index (κ3) is 4.04. The lowest BCUT2D eigenvalue weighted by atomic mass is 9.82. The van der Waals surface area contributed by atoms with E-state index in [4.69, 9.17) is 19.4 Å². The highest BCUT2D eigenvalue weighted by Crippen LogP contribution is 2.55. The smallest absolute Gasteiger partial charge is 0.164 e. The van der Waals surface area contributed by atoms with Crippen LogP contribution in [0.2, 0.25) is 0 Å². The highest BCUT2D eigenvalue weighted by Gasteiger charge is 2.38. The van der Waals surface area contributed by atoms with Crippen LogP contribution in [0.1, 0.15) is 25.0 Å². The molecule has 0 spiro atoms. The second-order valence-corrected chi connectivity index (χ2v) is 12.4. The highest BCUT2D eigenvalue weighted by molar-refractivity contribution is 6.16. The summed E-state index contributed by atoms with van der Waals surface area (Å²) in [6.07, 6.45) is 0. The lowest BCUT2D eigenvalue weighted by Crippen LogP contribution is -2.14. The predicted octanol–water partition coefficient (Wildman–Crippen LogP) is 10.7. The van der Waals surface area contributed by atoms with E-state index in [1.807, 2.05) is 66.7 Å². The van der Waals surface area contributed by atoms with Gasteiger partial charge in [0.1, 0.15) is 11.2 Å². The summed E-state index contributed by atoms with van der Waals surface area (Å²) in [5.74, 6) is 1.95. The molecule has 0 saturated heterocycles. The molecule has 1 aliphatic rings. The van der Waals surface area contributed by atoms with Crippen molar-refractivity contribution in [2.45, 2.75) is 19.3 Å². The molecule has 0 unspecified atom stereocenters. The standard InChI is InChI=1S/C42H29N3O/c1-42(2)32-21-12-20-30(36(32)38-33(42)23-24-35-37(38)31-19-9-10-22-34(31)46-35)28-17-11-18-29(25-28)41-44-39(26-13-5-3-6-14-26)43-40(45-41)27-15-7-4-8-16-27/h3-25H,1-2H3. The Morgan fingerprint density at radius 1 is 0.457 bits per heavy atom. The lowest BCUT2D eigenvalue weighted by Gasteiger charge is -2.21. The fraction of sp³-hybridized carbons (Fsp3) is 0.0714. The van der Waals surface area contributed by atoms with Gasteiger partial charge in [0.15, 0.2) is 17.5 Å². The number of aromatic nitrogens is 3. The van der Waals surface area contributed by atoms with Gasteiger partial charge in [0, 0.05) is 32.9 Å². The summed E-state index contributed by atoms with van der Waals surface area (Å²) in [4.78, 5) is 14.9. The fourth-order valence-electron chi connectivity index (χ4n) is 7.09. The van der Waals surface area contributed by atoms with E-state index in [0.29, 0.717) is 17.5 Å². The number of furan rings is 1. The van der Waals surface area contributed by atoms with Crippen LogP contribution in [-0.2, 0) is 5.41 Å². The lowest BCUT2D eigenvalue weighted by molar-refractivity contribution is 0.656. The van der Waals surface area contributed by atoms with E-state index in [-0.39, 0.29) is 5.41 Å². The molecular formula is C42H29N3O. The van der Waals surface area contributed by atoms with E-state index in [9.17, 15) is 0 Å². The molecule has 46 heavy (non-hydrogen) atoms. The Labute approximate surface area is 267 Å². The van der Waals surface area contributed by atoms with Gasteiger partial charge in [0.25, 0.3) is 0 Å². The van der Waals surface area contributed by atoms with Crippen LogP contribution in [0.15, 0.2) is 144 Å². The van der Waals surface area contributed by atoms with Gasteiger partial charge in [-0.25, -0.2) is 15.0 Å². The first-order chi connectivity index (χ1) is 22.6. The third-order valence-electron chi connectivity index (χ3n) is 9.34. The average molecular weight is 592 g/mol. The summed E-state index contributed by atoms with van der Waals surface area (Å²) >= 11 is 0. The van der Waals surface area contributed by atoms with Crippen molar-refractivity contribution in [2.75, 3.05) is 0 Å². The molecule has 4 heteroatoms. The number of fused-ring (bicyclic) bond motifs is 7. The minimum atomic E-state index is -0.159. The molecule has 4 nitrogen and oxygen atoms in total. The molecule has 6 aromatic carbocycles. The van der Waals surface area contributed by atoms with E-state index < -0.39 is 0 Å². The molecule has 8 aromatic rings. The zero-order valence-corrected chi connectivity index (χ0v) is 25.5. The Bertz CT molecular complexity index is 2380. The summed E-state index contributed by atoms with van der Waals surface area (Å²) in [7, 11) is 0. The molecule has 9 rings (SSSR count). The van der Waals surface area contributed by atoms with Crippen LogP contribution in [-0.4, -0.2) is 15.0 Å². The number of hydrogen-bond donors (Lipinski definition) is 0. The van der Waals surface area contributed by atoms with Gasteiger partial charge in [-0.05, 0) is 51.6 Å². The van der Waals surface area contributed by atoms with Crippen molar-refractivity contribution in [1.29, 1.82) is 0 Å². The van der Waals surface area contributed by atoms with E-state index in [1.165, 1.54) is 33.2 Å². The van der Waals surface area contributed by atoms with Crippen LogP contribution in [0.25, 0.3) is 78.4 Å². The van der Waals surface area contributed by atoms with Crippen molar-refractivity contribution in [3.05, 3.63) is 151 Å². The summed E-state index contributed by atoms with van der Waals surface area (Å²) in [5, 5.41) is 2.33. The van der Waals surface area contributed by atoms with Gasteiger partial charge in [0.05, 0.1) is 0 Å². The Kier molecular flexibility index (Phi) is 5.81. The van der Waals surface area contributed by atoms with Crippen LogP contribution >= 0.6 is 0 Å². The molecular weight excluding hydrogens is 562 g/mol. The number of rotatable bonds is 4. The molecule has 0 bridgehead atoms. The van der Waals surface area contributed by atoms with Crippen molar-refractivity contribution in [3.8, 4) is 56.4 Å². The van der Waals surface area contributed by atoms with E-state index in [0.717, 1.165) is 38.8 Å². The number of benzene rings is 6. The summed E-state index contributed by atoms with van der Waals surface area (Å²) < 4.78 is 6.36. The first kappa shape index (κ1) is 26.5. The second kappa shape index (κ2) is 10.1. The molecule has 0 fully saturated rings. The average Bonchev–Trinajstić information content (AvgIpc) is 3.61. The maximum Gasteiger partial charge on any atom is 0.164 e. The van der Waals surface area contributed by atoms with Crippen molar-refractivity contribution >= 4 is 21.9 Å². The van der Waals surface area contributed by atoms with Gasteiger partial charge < -0.3 is 4.42 Å². The monoisotopic (exact) mass is 591 g/mol. The molecule has 0 radical (unpaired) electrons. The van der Waals surface area contributed by atoms with Gasteiger partial charge in [-0.2, -0.15) is 0 Å². The molecule has 0 saturated carbocycles. The molecule has 0 N–H and O–H groups in total. The van der Waals surface area contributed by atoms with Gasteiger partial charge in [-0.1, -0.05) is 135 Å². The van der Waals surface area contributed by atoms with Gasteiger partial charge in [-0.3, -0.25) is 0 Å². The molecule has 218 valence electrons. The summed E-state index contributed by atoms with van der Waals surface area (Å²) in [6, 6.07) is 48.3. The molecule has 1 aliphatic carbocycles. The predicted molar refractivity (Wildman–Crippen MR) is 186 cm³/mol. The Hall–Kier alpha value is -5.87. The Balaban J connectivity index is 1.26. The van der Waals surface area contributed by atoms with Crippen LogP contribution < -0.4 is 0 Å². The van der Waals surface area contributed by atoms with Crippen molar-refractivity contribution < 1.29 is 4.42 Å². The molecule has 0 atom stereocenters. The molecule has 2 heterocycles. The van der Waals surface area contributed by atoms with Gasteiger partial charge in [-0.15, -0.1) is 0 Å². The zero-order valence-electron chi connectivity index (χ0n) is 25.5. The third-order valence-corrected chi connectivity index (χ3v) is 9.34. The van der Waals surface area contributed by atoms with Gasteiger partial charge in [0.2, 0.25) is 0 Å². The van der Waals surface area contributed by atoms with Crippen LogP contribution in [0.4, 0.5) is 0 Å². The van der Waals surface area contributed by atoms with Crippen molar-refractivity contribution in [3.63, 3.8) is 0 Å². The highest BCUT2D eigenvalue weighted by atomic mass is 16.3. The van der Waals surface area contributed by atoms with Crippen molar-refractivity contribution in [2.24, 2.45) is 0 Å². The van der Waals surface area contributed by atoms with E-state index in [2.05, 4.69) is 86.6 Å². The molecule has 2 aromatic heterocycles. The Morgan fingerprint density at radius 3 is 1.74 bits per heavy atom. The van der Waals surface area contributed by atoms with E-state index >= 15 is 0 Å². The first-order valence-electron chi connectivity index (χ1n) is 15.6. The SMILES string of the molecule is CC1(C)c2cccc(-c3cccc(-c4nc(-c5ccccc5)nc(-c5ccccc5)n4)c3)c2-c2c1ccc1oc3ccccc3c21. The van der Waals surface area contributed by atoms with Gasteiger partial charge >= 0.3 is 0 Å². The fourth-order valence-corrected chi connectivity index (χ4v) is 7.09. The topological polar surface area (TPSA) is 51.8 Å². The number of nitrogens with zero attached hydrogens (tertiary/aromatic N) is 3. The Morgan fingerprint density at radius 2 is 1.02 bits per heavy atom. The largest absolute Gasteiger partial charge is 0.456 e. The normalized spacial score (nSPS) is 13.2. The molecule has 0 amide bonds.